The molecule has 2 aromatic carbocycles. The summed E-state index contributed by atoms with van der Waals surface area (Å²) in [4.78, 5) is 23.4. The van der Waals surface area contributed by atoms with E-state index in [-0.39, 0.29) is 11.3 Å². The summed E-state index contributed by atoms with van der Waals surface area (Å²) in [7, 11) is 1.48. The number of carboxylic acid groups (broad SMARTS) is 1. The van der Waals surface area contributed by atoms with Gasteiger partial charge in [-0.1, -0.05) is 12.1 Å². The zero-order valence-corrected chi connectivity index (χ0v) is 12.0. The van der Waals surface area contributed by atoms with Crippen LogP contribution in [0.15, 0.2) is 36.4 Å². The molecule has 2 N–H and O–H groups in total. The first-order chi connectivity index (χ1) is 10.4. The molecule has 0 aromatic heterocycles. The molecule has 6 heteroatoms. The molecule has 0 bridgehead atoms. The third kappa shape index (κ3) is 3.06. The Morgan fingerprint density at radius 1 is 1.18 bits per heavy atom. The van der Waals surface area contributed by atoms with Crippen LogP contribution in [0.5, 0.6) is 5.75 Å². The Kier molecular flexibility index (Phi) is 4.41. The van der Waals surface area contributed by atoms with Crippen molar-refractivity contribution in [2.45, 2.75) is 6.92 Å². The highest BCUT2D eigenvalue weighted by molar-refractivity contribution is 6.14. The van der Waals surface area contributed by atoms with Crippen LogP contribution in [-0.4, -0.2) is 24.1 Å². The Hall–Kier alpha value is -2.89. The number of methoxy groups -OCH3 is 1. The van der Waals surface area contributed by atoms with Crippen molar-refractivity contribution in [3.8, 4) is 5.75 Å². The van der Waals surface area contributed by atoms with E-state index in [1.54, 1.807) is 25.1 Å². The van der Waals surface area contributed by atoms with Crippen molar-refractivity contribution >= 4 is 17.6 Å². The number of anilines is 1. The van der Waals surface area contributed by atoms with Gasteiger partial charge in [-0.2, -0.15) is 0 Å². The van der Waals surface area contributed by atoms with Gasteiger partial charge in [0.25, 0.3) is 0 Å². The summed E-state index contributed by atoms with van der Waals surface area (Å²) >= 11 is 0. The van der Waals surface area contributed by atoms with Gasteiger partial charge in [0.2, 0.25) is 0 Å². The fourth-order valence-corrected chi connectivity index (χ4v) is 2.16. The van der Waals surface area contributed by atoms with E-state index in [1.165, 1.54) is 13.2 Å². The summed E-state index contributed by atoms with van der Waals surface area (Å²) in [6.07, 6.45) is -1.33. The second kappa shape index (κ2) is 6.26. The van der Waals surface area contributed by atoms with Crippen LogP contribution >= 0.6 is 0 Å². The van der Waals surface area contributed by atoms with Crippen molar-refractivity contribution in [1.29, 1.82) is 0 Å². The van der Waals surface area contributed by atoms with E-state index in [2.05, 4.69) is 5.32 Å². The van der Waals surface area contributed by atoms with Crippen LogP contribution in [0.2, 0.25) is 0 Å². The molecule has 0 unspecified atom stereocenters. The number of nitrogens with one attached hydrogen (secondary N) is 1. The number of carbonyl (C=O) groups excluding carboxylic acids is 1. The maximum absolute atomic E-state index is 13.5. The average Bonchev–Trinajstić information content (AvgIpc) is 2.48. The maximum Gasteiger partial charge on any atom is 0.409 e. The third-order valence-corrected chi connectivity index (χ3v) is 3.22. The lowest BCUT2D eigenvalue weighted by molar-refractivity contribution is 0.103. The molecule has 0 aliphatic carbocycles. The van der Waals surface area contributed by atoms with Gasteiger partial charge in [-0.3, -0.25) is 10.1 Å². The molecular formula is C16H14FNO4. The third-order valence-electron chi connectivity index (χ3n) is 3.22. The first kappa shape index (κ1) is 15.5. The molecule has 0 aliphatic rings. The second-order valence-electron chi connectivity index (χ2n) is 4.58. The number of rotatable bonds is 4. The van der Waals surface area contributed by atoms with Crippen LogP contribution in [0.25, 0.3) is 0 Å². The SMILES string of the molecule is COc1cccc(C(=O)c2cc(F)ccc2NC(=O)O)c1C. The summed E-state index contributed by atoms with van der Waals surface area (Å²) in [5, 5.41) is 10.9. The number of benzene rings is 2. The van der Waals surface area contributed by atoms with Crippen molar-refractivity contribution in [2.75, 3.05) is 12.4 Å². The quantitative estimate of drug-likeness (QED) is 0.848. The summed E-state index contributed by atoms with van der Waals surface area (Å²) in [6.45, 7) is 1.70. The fraction of sp³-hybridized carbons (Fsp3) is 0.125. The van der Waals surface area contributed by atoms with E-state index < -0.39 is 17.7 Å². The second-order valence-corrected chi connectivity index (χ2v) is 4.58. The Balaban J connectivity index is 2.54. The van der Waals surface area contributed by atoms with Gasteiger partial charge < -0.3 is 9.84 Å². The van der Waals surface area contributed by atoms with Gasteiger partial charge in [0.1, 0.15) is 11.6 Å². The summed E-state index contributed by atoms with van der Waals surface area (Å²) in [6, 6.07) is 8.23. The van der Waals surface area contributed by atoms with E-state index in [9.17, 15) is 14.0 Å². The summed E-state index contributed by atoms with van der Waals surface area (Å²) < 4.78 is 18.6. The zero-order valence-electron chi connectivity index (χ0n) is 12.0. The minimum atomic E-state index is -1.33. The Labute approximate surface area is 126 Å². The monoisotopic (exact) mass is 303 g/mol. The smallest absolute Gasteiger partial charge is 0.409 e. The highest BCUT2D eigenvalue weighted by atomic mass is 19.1. The molecule has 0 aliphatic heterocycles. The molecule has 0 spiro atoms. The molecule has 0 saturated heterocycles. The van der Waals surface area contributed by atoms with E-state index >= 15 is 0 Å². The number of hydrogen-bond acceptors (Lipinski definition) is 3. The highest BCUT2D eigenvalue weighted by Gasteiger charge is 2.19. The molecule has 5 nitrogen and oxygen atoms in total. The number of amides is 1. The molecule has 0 atom stereocenters. The van der Waals surface area contributed by atoms with Crippen LogP contribution in [0.1, 0.15) is 21.5 Å². The van der Waals surface area contributed by atoms with Crippen LogP contribution in [0, 0.1) is 12.7 Å². The summed E-state index contributed by atoms with van der Waals surface area (Å²) in [5.41, 5.74) is 0.888. The molecule has 2 aromatic rings. The lowest BCUT2D eigenvalue weighted by Gasteiger charge is -2.12. The predicted molar refractivity (Wildman–Crippen MR) is 79.2 cm³/mol. The molecule has 0 radical (unpaired) electrons. The van der Waals surface area contributed by atoms with Gasteiger partial charge in [0, 0.05) is 16.7 Å². The van der Waals surface area contributed by atoms with Crippen molar-refractivity contribution in [3.05, 3.63) is 58.9 Å². The molecule has 114 valence electrons. The van der Waals surface area contributed by atoms with Crippen LogP contribution in [-0.2, 0) is 0 Å². The van der Waals surface area contributed by atoms with Gasteiger partial charge in [-0.15, -0.1) is 0 Å². The maximum atomic E-state index is 13.5. The molecule has 0 saturated carbocycles. The van der Waals surface area contributed by atoms with Crippen molar-refractivity contribution < 1.29 is 23.8 Å². The van der Waals surface area contributed by atoms with Crippen molar-refractivity contribution in [3.63, 3.8) is 0 Å². The molecule has 1 amide bonds. The Morgan fingerprint density at radius 3 is 2.55 bits per heavy atom. The number of ether oxygens (including phenoxy) is 1. The van der Waals surface area contributed by atoms with Gasteiger partial charge in [-0.05, 0) is 31.2 Å². The Bertz CT molecular complexity index is 743. The van der Waals surface area contributed by atoms with Crippen LogP contribution < -0.4 is 10.1 Å². The number of carbonyl (C=O) groups is 2. The number of halogens is 1. The molecule has 0 heterocycles. The molecule has 0 fully saturated rings. The Morgan fingerprint density at radius 2 is 1.91 bits per heavy atom. The van der Waals surface area contributed by atoms with Crippen molar-refractivity contribution in [2.24, 2.45) is 0 Å². The van der Waals surface area contributed by atoms with Gasteiger partial charge >= 0.3 is 6.09 Å². The standard InChI is InChI=1S/C16H14FNO4/c1-9-11(4-3-5-14(9)22-2)15(19)12-8-10(17)6-7-13(12)18-16(20)21/h3-8,18H,1-2H3,(H,20,21). The van der Waals surface area contributed by atoms with Crippen molar-refractivity contribution in [1.82, 2.24) is 0 Å². The van der Waals surface area contributed by atoms with E-state index in [1.807, 2.05) is 0 Å². The van der Waals surface area contributed by atoms with Crippen LogP contribution in [0.3, 0.4) is 0 Å². The average molecular weight is 303 g/mol. The van der Waals surface area contributed by atoms with E-state index in [0.717, 1.165) is 12.1 Å². The lowest BCUT2D eigenvalue weighted by atomic mass is 9.97. The normalized spacial score (nSPS) is 10.1. The lowest BCUT2D eigenvalue weighted by Crippen LogP contribution is -2.13. The molecule has 22 heavy (non-hydrogen) atoms. The number of ketones is 1. The van der Waals surface area contributed by atoms with Gasteiger partial charge in [0.05, 0.1) is 12.8 Å². The first-order valence-electron chi connectivity index (χ1n) is 6.42. The zero-order chi connectivity index (χ0) is 16.3. The van der Waals surface area contributed by atoms with Gasteiger partial charge in [0.15, 0.2) is 5.78 Å². The van der Waals surface area contributed by atoms with E-state index in [4.69, 9.17) is 9.84 Å². The first-order valence-corrected chi connectivity index (χ1v) is 6.42. The topological polar surface area (TPSA) is 75.6 Å². The summed E-state index contributed by atoms with van der Waals surface area (Å²) in [5.74, 6) is -0.588. The largest absolute Gasteiger partial charge is 0.496 e. The van der Waals surface area contributed by atoms with Crippen LogP contribution in [0.4, 0.5) is 14.9 Å². The van der Waals surface area contributed by atoms with Gasteiger partial charge in [-0.25, -0.2) is 9.18 Å². The minimum absolute atomic E-state index is 0.0288. The predicted octanol–water partition coefficient (Wildman–Crippen LogP) is 3.46. The minimum Gasteiger partial charge on any atom is -0.496 e. The molecule has 2 rings (SSSR count). The van der Waals surface area contributed by atoms with E-state index in [0.29, 0.717) is 16.9 Å². The fourth-order valence-electron chi connectivity index (χ4n) is 2.16. The molecular weight excluding hydrogens is 289 g/mol. The highest BCUT2D eigenvalue weighted by Crippen LogP contribution is 2.26. The number of hydrogen-bond donors (Lipinski definition) is 2.